The van der Waals surface area contributed by atoms with E-state index in [1.165, 1.54) is 12.1 Å². The van der Waals surface area contributed by atoms with E-state index in [-0.39, 0.29) is 18.1 Å². The third-order valence-corrected chi connectivity index (χ3v) is 4.01. The van der Waals surface area contributed by atoms with E-state index in [0.717, 1.165) is 42.9 Å². The fourth-order valence-electron chi connectivity index (χ4n) is 2.17. The molecule has 1 atom stereocenters. The van der Waals surface area contributed by atoms with Gasteiger partial charge in [0, 0.05) is 17.4 Å². The molecule has 1 saturated heterocycles. The van der Waals surface area contributed by atoms with Crippen molar-refractivity contribution in [3.63, 3.8) is 0 Å². The van der Waals surface area contributed by atoms with Crippen LogP contribution in [0.1, 0.15) is 30.9 Å². The Balaban J connectivity index is 1.94. The van der Waals surface area contributed by atoms with Gasteiger partial charge in [-0.2, -0.15) is 0 Å². The molecule has 1 aromatic rings. The fourth-order valence-corrected chi connectivity index (χ4v) is 2.82. The molecular formula is C14H20FNO2S. The van der Waals surface area contributed by atoms with Crippen LogP contribution < -0.4 is 5.73 Å². The third-order valence-electron chi connectivity index (χ3n) is 3.20. The third kappa shape index (κ3) is 4.18. The lowest BCUT2D eigenvalue weighted by Gasteiger charge is -2.24. The van der Waals surface area contributed by atoms with Crippen LogP contribution in [0, 0.1) is 5.82 Å². The van der Waals surface area contributed by atoms with Crippen LogP contribution in [0.3, 0.4) is 0 Å². The molecule has 5 heteroatoms. The van der Waals surface area contributed by atoms with Gasteiger partial charge in [0.2, 0.25) is 0 Å². The van der Waals surface area contributed by atoms with E-state index in [9.17, 15) is 4.39 Å². The monoisotopic (exact) mass is 285 g/mol. The molecule has 3 nitrogen and oxygen atoms in total. The van der Waals surface area contributed by atoms with Gasteiger partial charge in [-0.05, 0) is 42.9 Å². The van der Waals surface area contributed by atoms with Crippen LogP contribution in [0.4, 0.5) is 4.39 Å². The van der Waals surface area contributed by atoms with Gasteiger partial charge in [0.15, 0.2) is 6.29 Å². The Morgan fingerprint density at radius 1 is 1.42 bits per heavy atom. The van der Waals surface area contributed by atoms with Crippen molar-refractivity contribution in [2.45, 2.75) is 36.5 Å². The summed E-state index contributed by atoms with van der Waals surface area (Å²) in [5.41, 5.74) is 7.03. The molecule has 1 aromatic carbocycles. The van der Waals surface area contributed by atoms with Crippen LogP contribution in [0.2, 0.25) is 0 Å². The predicted molar refractivity (Wildman–Crippen MR) is 74.7 cm³/mol. The average molecular weight is 285 g/mol. The number of nitrogens with two attached hydrogens (primary N) is 1. The molecule has 0 radical (unpaired) electrons. The molecule has 2 N–H and O–H groups in total. The van der Waals surface area contributed by atoms with Crippen LogP contribution in [-0.4, -0.2) is 25.8 Å². The van der Waals surface area contributed by atoms with E-state index in [1.807, 2.05) is 6.26 Å². The summed E-state index contributed by atoms with van der Waals surface area (Å²) in [5, 5.41) is 0. The lowest BCUT2D eigenvalue weighted by molar-refractivity contribution is -0.182. The van der Waals surface area contributed by atoms with Gasteiger partial charge >= 0.3 is 0 Å². The number of benzene rings is 1. The van der Waals surface area contributed by atoms with Crippen LogP contribution in [0.15, 0.2) is 23.1 Å². The van der Waals surface area contributed by atoms with Gasteiger partial charge in [-0.1, -0.05) is 0 Å². The molecular weight excluding hydrogens is 265 g/mol. The standard InChI is InChI=1S/C14H20FNO2S/c1-19-13-5-3-10(15)9-11(13)12(16)4-6-14-17-7-2-8-18-14/h3,5,9,12,14H,2,4,6-8,16H2,1H3. The van der Waals surface area contributed by atoms with Crippen molar-refractivity contribution in [2.24, 2.45) is 5.73 Å². The van der Waals surface area contributed by atoms with Crippen LogP contribution >= 0.6 is 11.8 Å². The summed E-state index contributed by atoms with van der Waals surface area (Å²) in [4.78, 5) is 1.03. The van der Waals surface area contributed by atoms with Crippen molar-refractivity contribution in [3.05, 3.63) is 29.6 Å². The minimum Gasteiger partial charge on any atom is -0.353 e. The molecule has 2 rings (SSSR count). The summed E-state index contributed by atoms with van der Waals surface area (Å²) < 4.78 is 24.3. The van der Waals surface area contributed by atoms with Crippen LogP contribution in [0.5, 0.6) is 0 Å². The van der Waals surface area contributed by atoms with Gasteiger partial charge in [0.05, 0.1) is 13.2 Å². The SMILES string of the molecule is CSc1ccc(F)cc1C(N)CCC1OCCCO1. The highest BCUT2D eigenvalue weighted by Gasteiger charge is 2.18. The first-order valence-corrected chi connectivity index (χ1v) is 7.75. The van der Waals surface area contributed by atoms with Crippen LogP contribution in [0.25, 0.3) is 0 Å². The maximum Gasteiger partial charge on any atom is 0.157 e. The summed E-state index contributed by atoms with van der Waals surface area (Å²) in [5.74, 6) is -0.242. The van der Waals surface area contributed by atoms with Gasteiger partial charge in [-0.3, -0.25) is 0 Å². The van der Waals surface area contributed by atoms with E-state index in [1.54, 1.807) is 17.8 Å². The Kier molecular flexibility index (Phi) is 5.63. The van der Waals surface area contributed by atoms with Crippen molar-refractivity contribution in [1.29, 1.82) is 0 Å². The first-order chi connectivity index (χ1) is 9.20. The van der Waals surface area contributed by atoms with E-state index < -0.39 is 0 Å². The Morgan fingerprint density at radius 2 is 2.16 bits per heavy atom. The summed E-state index contributed by atoms with van der Waals surface area (Å²) in [6.07, 6.45) is 4.22. The second kappa shape index (κ2) is 7.24. The quantitative estimate of drug-likeness (QED) is 0.844. The number of hydrogen-bond donors (Lipinski definition) is 1. The Hall–Kier alpha value is -0.620. The van der Waals surface area contributed by atoms with Crippen molar-refractivity contribution in [1.82, 2.24) is 0 Å². The highest BCUT2D eigenvalue weighted by molar-refractivity contribution is 7.98. The number of rotatable bonds is 5. The Bertz CT molecular complexity index is 410. The maximum atomic E-state index is 13.3. The smallest absolute Gasteiger partial charge is 0.157 e. The summed E-state index contributed by atoms with van der Waals surface area (Å²) >= 11 is 1.58. The molecule has 1 unspecified atom stereocenters. The lowest BCUT2D eigenvalue weighted by Crippen LogP contribution is -2.26. The van der Waals surface area contributed by atoms with Gasteiger partial charge in [0.1, 0.15) is 5.82 Å². The van der Waals surface area contributed by atoms with E-state index in [0.29, 0.717) is 0 Å². The molecule has 1 fully saturated rings. The molecule has 1 heterocycles. The molecule has 0 spiro atoms. The number of halogens is 1. The van der Waals surface area contributed by atoms with E-state index in [4.69, 9.17) is 15.2 Å². The number of hydrogen-bond acceptors (Lipinski definition) is 4. The van der Waals surface area contributed by atoms with Gasteiger partial charge in [-0.25, -0.2) is 4.39 Å². The second-order valence-corrected chi connectivity index (χ2v) is 5.44. The zero-order valence-electron chi connectivity index (χ0n) is 11.1. The average Bonchev–Trinajstić information content (AvgIpc) is 2.46. The van der Waals surface area contributed by atoms with Gasteiger partial charge in [0.25, 0.3) is 0 Å². The van der Waals surface area contributed by atoms with Crippen molar-refractivity contribution in [3.8, 4) is 0 Å². The molecule has 1 aliphatic heterocycles. The summed E-state index contributed by atoms with van der Waals surface area (Å²) in [7, 11) is 0. The zero-order chi connectivity index (χ0) is 13.7. The molecule has 1 aliphatic rings. The maximum absolute atomic E-state index is 13.3. The first-order valence-electron chi connectivity index (χ1n) is 6.53. The minimum absolute atomic E-state index is 0.161. The first kappa shape index (κ1) is 14.8. The molecule has 19 heavy (non-hydrogen) atoms. The molecule has 106 valence electrons. The normalized spacial score (nSPS) is 18.5. The number of ether oxygens (including phenoxy) is 2. The summed E-state index contributed by atoms with van der Waals surface area (Å²) in [6, 6.07) is 4.59. The predicted octanol–water partition coefficient (Wildman–Crippen LogP) is 3.09. The number of thioether (sulfide) groups is 1. The molecule has 0 bridgehead atoms. The molecule has 0 amide bonds. The minimum atomic E-state index is -0.242. The molecule has 0 saturated carbocycles. The Labute approximate surface area is 117 Å². The van der Waals surface area contributed by atoms with Crippen molar-refractivity contribution < 1.29 is 13.9 Å². The van der Waals surface area contributed by atoms with Gasteiger partial charge in [-0.15, -0.1) is 11.8 Å². The lowest BCUT2D eigenvalue weighted by atomic mass is 10.0. The Morgan fingerprint density at radius 3 is 2.84 bits per heavy atom. The van der Waals surface area contributed by atoms with E-state index in [2.05, 4.69) is 0 Å². The zero-order valence-corrected chi connectivity index (χ0v) is 11.9. The van der Waals surface area contributed by atoms with Crippen molar-refractivity contribution >= 4 is 11.8 Å². The highest BCUT2D eigenvalue weighted by Crippen LogP contribution is 2.28. The van der Waals surface area contributed by atoms with Gasteiger partial charge < -0.3 is 15.2 Å². The fraction of sp³-hybridized carbons (Fsp3) is 0.571. The van der Waals surface area contributed by atoms with Crippen LogP contribution in [-0.2, 0) is 9.47 Å². The second-order valence-electron chi connectivity index (χ2n) is 4.59. The summed E-state index contributed by atoms with van der Waals surface area (Å²) in [6.45, 7) is 1.49. The molecule has 0 aliphatic carbocycles. The molecule has 0 aromatic heterocycles. The highest BCUT2D eigenvalue weighted by atomic mass is 32.2. The van der Waals surface area contributed by atoms with E-state index >= 15 is 0 Å². The largest absolute Gasteiger partial charge is 0.353 e. The van der Waals surface area contributed by atoms with Crippen molar-refractivity contribution in [2.75, 3.05) is 19.5 Å². The topological polar surface area (TPSA) is 44.5 Å².